The Balaban J connectivity index is 2.55. The van der Waals surface area contributed by atoms with E-state index in [9.17, 15) is 0 Å². The standard InChI is InChI=1S/C10H16O2/c1-7(2)9-5-4-8(3)10(6-9)12-11/h9-11H,1,3-6H2,2H3/t9-,10+/m0/s1. The summed E-state index contributed by atoms with van der Waals surface area (Å²) in [7, 11) is 0. The largest absolute Gasteiger partial charge is 0.251 e. The average molecular weight is 168 g/mol. The second-order valence-electron chi connectivity index (χ2n) is 3.57. The average Bonchev–Trinajstić information content (AvgIpc) is 2.05. The second-order valence-corrected chi connectivity index (χ2v) is 3.57. The van der Waals surface area contributed by atoms with E-state index in [1.807, 2.05) is 6.92 Å². The molecule has 0 aliphatic heterocycles. The fraction of sp³-hybridized carbons (Fsp3) is 0.600. The molecule has 0 saturated heterocycles. The van der Waals surface area contributed by atoms with Crippen molar-refractivity contribution < 1.29 is 10.1 Å². The second kappa shape index (κ2) is 3.87. The third kappa shape index (κ3) is 1.96. The van der Waals surface area contributed by atoms with Crippen LogP contribution >= 0.6 is 0 Å². The van der Waals surface area contributed by atoms with Gasteiger partial charge >= 0.3 is 0 Å². The van der Waals surface area contributed by atoms with Crippen molar-refractivity contribution in [3.8, 4) is 0 Å². The lowest BCUT2D eigenvalue weighted by Crippen LogP contribution is -2.24. The molecule has 2 heteroatoms. The molecule has 0 heterocycles. The molecule has 12 heavy (non-hydrogen) atoms. The molecule has 0 spiro atoms. The fourth-order valence-corrected chi connectivity index (χ4v) is 1.63. The van der Waals surface area contributed by atoms with E-state index in [-0.39, 0.29) is 6.10 Å². The Morgan fingerprint density at radius 1 is 1.67 bits per heavy atom. The molecule has 0 unspecified atom stereocenters. The van der Waals surface area contributed by atoms with Crippen molar-refractivity contribution in [2.75, 3.05) is 0 Å². The summed E-state index contributed by atoms with van der Waals surface area (Å²) in [6.07, 6.45) is 2.67. The van der Waals surface area contributed by atoms with Crippen LogP contribution in [0.2, 0.25) is 0 Å². The molecule has 1 rings (SSSR count). The minimum absolute atomic E-state index is 0.180. The zero-order chi connectivity index (χ0) is 9.14. The maximum atomic E-state index is 8.57. The topological polar surface area (TPSA) is 29.5 Å². The van der Waals surface area contributed by atoms with E-state index in [1.54, 1.807) is 0 Å². The molecule has 0 bridgehead atoms. The van der Waals surface area contributed by atoms with Gasteiger partial charge in [0.1, 0.15) is 6.10 Å². The highest BCUT2D eigenvalue weighted by Gasteiger charge is 2.25. The maximum absolute atomic E-state index is 8.57. The summed E-state index contributed by atoms with van der Waals surface area (Å²) in [5, 5.41) is 8.57. The van der Waals surface area contributed by atoms with Crippen LogP contribution in [0, 0.1) is 5.92 Å². The Morgan fingerprint density at radius 3 is 2.83 bits per heavy atom. The molecule has 0 aromatic heterocycles. The Morgan fingerprint density at radius 2 is 2.33 bits per heavy atom. The van der Waals surface area contributed by atoms with Crippen molar-refractivity contribution in [2.24, 2.45) is 5.92 Å². The van der Waals surface area contributed by atoms with Gasteiger partial charge in [-0.3, -0.25) is 5.26 Å². The summed E-state index contributed by atoms with van der Waals surface area (Å²) in [6, 6.07) is 0. The SMILES string of the molecule is C=C(C)[C@H]1CCC(=C)[C@H](OO)C1. The van der Waals surface area contributed by atoms with Crippen molar-refractivity contribution in [3.05, 3.63) is 24.3 Å². The summed E-state index contributed by atoms with van der Waals surface area (Å²) in [5.74, 6) is 0.479. The quantitative estimate of drug-likeness (QED) is 0.390. The van der Waals surface area contributed by atoms with Crippen molar-refractivity contribution in [1.29, 1.82) is 0 Å². The van der Waals surface area contributed by atoms with Gasteiger partial charge in [-0.15, -0.1) is 0 Å². The minimum atomic E-state index is -0.180. The van der Waals surface area contributed by atoms with Gasteiger partial charge in [-0.25, -0.2) is 4.89 Å². The summed E-state index contributed by atoms with van der Waals surface area (Å²) in [6.45, 7) is 9.77. The van der Waals surface area contributed by atoms with Crippen LogP contribution in [0.15, 0.2) is 24.3 Å². The van der Waals surface area contributed by atoms with Crippen LogP contribution in [0.3, 0.4) is 0 Å². The molecule has 1 N–H and O–H groups in total. The molecule has 0 amide bonds. The molecule has 68 valence electrons. The first kappa shape index (κ1) is 9.49. The Labute approximate surface area is 73.5 Å². The van der Waals surface area contributed by atoms with Gasteiger partial charge in [0.05, 0.1) is 0 Å². The molecule has 0 aromatic carbocycles. The third-order valence-corrected chi connectivity index (χ3v) is 2.59. The van der Waals surface area contributed by atoms with E-state index in [2.05, 4.69) is 18.0 Å². The van der Waals surface area contributed by atoms with Gasteiger partial charge in [0.15, 0.2) is 0 Å². The van der Waals surface area contributed by atoms with Crippen LogP contribution in [0.4, 0.5) is 0 Å². The van der Waals surface area contributed by atoms with Crippen LogP contribution in [-0.2, 0) is 4.89 Å². The zero-order valence-electron chi connectivity index (χ0n) is 7.55. The Kier molecular flexibility index (Phi) is 3.06. The predicted molar refractivity (Wildman–Crippen MR) is 48.8 cm³/mol. The summed E-state index contributed by atoms with van der Waals surface area (Å²) in [5.41, 5.74) is 2.17. The Hall–Kier alpha value is -0.600. The van der Waals surface area contributed by atoms with Gasteiger partial charge in [0.2, 0.25) is 0 Å². The molecule has 1 saturated carbocycles. The molecule has 2 nitrogen and oxygen atoms in total. The van der Waals surface area contributed by atoms with Crippen LogP contribution in [0.1, 0.15) is 26.2 Å². The summed E-state index contributed by atoms with van der Waals surface area (Å²) < 4.78 is 0. The molecule has 0 radical (unpaired) electrons. The van der Waals surface area contributed by atoms with Gasteiger partial charge in [0, 0.05) is 0 Å². The summed E-state index contributed by atoms with van der Waals surface area (Å²) in [4.78, 5) is 4.34. The van der Waals surface area contributed by atoms with E-state index < -0.39 is 0 Å². The first-order valence-electron chi connectivity index (χ1n) is 4.28. The van der Waals surface area contributed by atoms with Crippen molar-refractivity contribution in [2.45, 2.75) is 32.3 Å². The fourth-order valence-electron chi connectivity index (χ4n) is 1.63. The smallest absolute Gasteiger partial charge is 0.114 e. The maximum Gasteiger partial charge on any atom is 0.114 e. The zero-order valence-corrected chi connectivity index (χ0v) is 7.55. The van der Waals surface area contributed by atoms with Crippen LogP contribution in [0.25, 0.3) is 0 Å². The summed E-state index contributed by atoms with van der Waals surface area (Å²) >= 11 is 0. The van der Waals surface area contributed by atoms with Gasteiger partial charge in [-0.1, -0.05) is 18.7 Å². The van der Waals surface area contributed by atoms with Crippen LogP contribution < -0.4 is 0 Å². The van der Waals surface area contributed by atoms with Gasteiger partial charge < -0.3 is 0 Å². The molecular weight excluding hydrogens is 152 g/mol. The lowest BCUT2D eigenvalue weighted by molar-refractivity contribution is -0.273. The highest BCUT2D eigenvalue weighted by Crippen LogP contribution is 2.32. The van der Waals surface area contributed by atoms with Gasteiger partial charge in [-0.2, -0.15) is 0 Å². The first-order valence-corrected chi connectivity index (χ1v) is 4.28. The number of allylic oxidation sites excluding steroid dienone is 1. The van der Waals surface area contributed by atoms with E-state index in [0.717, 1.165) is 24.8 Å². The van der Waals surface area contributed by atoms with Crippen LogP contribution in [0.5, 0.6) is 0 Å². The van der Waals surface area contributed by atoms with Crippen molar-refractivity contribution in [1.82, 2.24) is 0 Å². The normalized spacial score (nSPS) is 30.3. The van der Waals surface area contributed by atoms with E-state index in [4.69, 9.17) is 5.26 Å². The molecule has 0 aromatic rings. The van der Waals surface area contributed by atoms with Gasteiger partial charge in [0.25, 0.3) is 0 Å². The molecule has 1 aliphatic rings. The number of hydrogen-bond donors (Lipinski definition) is 1. The van der Waals surface area contributed by atoms with Crippen molar-refractivity contribution in [3.63, 3.8) is 0 Å². The highest BCUT2D eigenvalue weighted by molar-refractivity contribution is 5.11. The molecule has 2 atom stereocenters. The van der Waals surface area contributed by atoms with Crippen LogP contribution in [-0.4, -0.2) is 11.4 Å². The monoisotopic (exact) mass is 168 g/mol. The highest BCUT2D eigenvalue weighted by atomic mass is 17.1. The predicted octanol–water partition coefficient (Wildman–Crippen LogP) is 2.78. The number of hydrogen-bond acceptors (Lipinski definition) is 2. The first-order chi connectivity index (χ1) is 5.65. The van der Waals surface area contributed by atoms with E-state index in [0.29, 0.717) is 5.92 Å². The third-order valence-electron chi connectivity index (χ3n) is 2.59. The molecule has 1 fully saturated rings. The van der Waals surface area contributed by atoms with Gasteiger partial charge in [-0.05, 0) is 37.7 Å². The minimum Gasteiger partial charge on any atom is -0.251 e. The Bertz CT molecular complexity index is 196. The van der Waals surface area contributed by atoms with E-state index >= 15 is 0 Å². The number of rotatable bonds is 2. The lowest BCUT2D eigenvalue weighted by Gasteiger charge is -2.29. The molecular formula is C10H16O2. The van der Waals surface area contributed by atoms with Crippen molar-refractivity contribution >= 4 is 0 Å². The van der Waals surface area contributed by atoms with E-state index in [1.165, 1.54) is 5.57 Å². The molecule has 1 aliphatic carbocycles. The lowest BCUT2D eigenvalue weighted by atomic mass is 9.81.